The molecule has 0 saturated carbocycles. The van der Waals surface area contributed by atoms with Crippen molar-refractivity contribution < 1.29 is 0 Å². The summed E-state index contributed by atoms with van der Waals surface area (Å²) in [5.74, 6) is 0.562. The van der Waals surface area contributed by atoms with Gasteiger partial charge in [0, 0.05) is 12.2 Å². The molecule has 19 heavy (non-hydrogen) atoms. The van der Waals surface area contributed by atoms with E-state index in [2.05, 4.69) is 34.6 Å². The molecule has 1 aromatic heterocycles. The first-order chi connectivity index (χ1) is 9.20. The van der Waals surface area contributed by atoms with Crippen molar-refractivity contribution in [3.63, 3.8) is 0 Å². The maximum absolute atomic E-state index is 5.95. The highest BCUT2D eigenvalue weighted by Gasteiger charge is 2.10. The zero-order valence-corrected chi connectivity index (χ0v) is 11.7. The monoisotopic (exact) mass is 275 g/mol. The molecule has 0 aliphatic carbocycles. The fourth-order valence-corrected chi connectivity index (χ4v) is 2.34. The minimum atomic E-state index is 0.305. The number of nitrogen functional groups attached to an aromatic ring is 1. The number of hydrogen-bond acceptors (Lipinski definition) is 3. The number of hydrogen-bond donors (Lipinski definition) is 2. The van der Waals surface area contributed by atoms with Gasteiger partial charge >= 0.3 is 0 Å². The molecule has 4 heteroatoms. The van der Waals surface area contributed by atoms with Gasteiger partial charge in [0.25, 0.3) is 0 Å². The van der Waals surface area contributed by atoms with E-state index in [1.807, 2.05) is 19.2 Å². The first kappa shape index (κ1) is 13.8. The standard InChI is InChI=1S/C15H18ClN3/c1-18-14(11-5-3-2-4-6-11)8-7-12-9-13(16)10-19-15(12)17/h2-6,9-10,14,18H,7-8H2,1H3,(H2,17,19). The minimum absolute atomic E-state index is 0.305. The Balaban J connectivity index is 2.06. The van der Waals surface area contributed by atoms with E-state index in [1.165, 1.54) is 5.56 Å². The molecule has 0 saturated heterocycles. The van der Waals surface area contributed by atoms with E-state index < -0.39 is 0 Å². The van der Waals surface area contributed by atoms with Crippen molar-refractivity contribution in [2.24, 2.45) is 0 Å². The van der Waals surface area contributed by atoms with E-state index in [4.69, 9.17) is 17.3 Å². The number of benzene rings is 1. The Hall–Kier alpha value is -1.58. The molecule has 1 heterocycles. The number of aromatic nitrogens is 1. The number of rotatable bonds is 5. The number of aryl methyl sites for hydroxylation is 1. The van der Waals surface area contributed by atoms with E-state index in [-0.39, 0.29) is 0 Å². The summed E-state index contributed by atoms with van der Waals surface area (Å²) in [6, 6.07) is 12.6. The highest BCUT2D eigenvalue weighted by Crippen LogP contribution is 2.22. The normalized spacial score (nSPS) is 12.3. The summed E-state index contributed by atoms with van der Waals surface area (Å²) in [5, 5.41) is 3.96. The van der Waals surface area contributed by atoms with Crippen molar-refractivity contribution in [2.75, 3.05) is 12.8 Å². The lowest BCUT2D eigenvalue weighted by atomic mass is 9.99. The second kappa shape index (κ2) is 6.55. The first-order valence-electron chi connectivity index (χ1n) is 6.33. The Morgan fingerprint density at radius 3 is 2.74 bits per heavy atom. The fraction of sp³-hybridized carbons (Fsp3) is 0.267. The molecule has 3 N–H and O–H groups in total. The van der Waals surface area contributed by atoms with Crippen molar-refractivity contribution in [3.8, 4) is 0 Å². The molecule has 2 rings (SSSR count). The van der Waals surface area contributed by atoms with Gasteiger partial charge in [0.15, 0.2) is 0 Å². The molecule has 0 aliphatic rings. The molecule has 0 spiro atoms. The Labute approximate surface area is 118 Å². The molecule has 0 amide bonds. The van der Waals surface area contributed by atoms with Crippen molar-refractivity contribution in [1.29, 1.82) is 0 Å². The van der Waals surface area contributed by atoms with E-state index in [1.54, 1.807) is 6.20 Å². The highest BCUT2D eigenvalue weighted by atomic mass is 35.5. The first-order valence-corrected chi connectivity index (χ1v) is 6.70. The van der Waals surface area contributed by atoms with Crippen LogP contribution in [0, 0.1) is 0 Å². The molecule has 1 unspecified atom stereocenters. The summed E-state index contributed by atoms with van der Waals surface area (Å²) in [5.41, 5.74) is 8.15. The van der Waals surface area contributed by atoms with E-state index in [0.29, 0.717) is 16.9 Å². The van der Waals surface area contributed by atoms with Crippen LogP contribution in [0.4, 0.5) is 5.82 Å². The third kappa shape index (κ3) is 3.69. The van der Waals surface area contributed by atoms with Gasteiger partial charge in [-0.25, -0.2) is 4.98 Å². The van der Waals surface area contributed by atoms with Crippen LogP contribution in [0.5, 0.6) is 0 Å². The molecule has 100 valence electrons. The lowest BCUT2D eigenvalue weighted by Crippen LogP contribution is -2.17. The molecular weight excluding hydrogens is 258 g/mol. The number of nitrogens with zero attached hydrogens (tertiary/aromatic N) is 1. The molecule has 0 aliphatic heterocycles. The Bertz CT molecular complexity index is 528. The van der Waals surface area contributed by atoms with Gasteiger partial charge in [0.2, 0.25) is 0 Å². The summed E-state index contributed by atoms with van der Waals surface area (Å²) < 4.78 is 0. The van der Waals surface area contributed by atoms with Crippen LogP contribution in [-0.2, 0) is 6.42 Å². The third-order valence-electron chi connectivity index (χ3n) is 3.22. The van der Waals surface area contributed by atoms with E-state index >= 15 is 0 Å². The number of nitrogens with one attached hydrogen (secondary N) is 1. The fourth-order valence-electron chi connectivity index (χ4n) is 2.15. The molecule has 0 radical (unpaired) electrons. The van der Waals surface area contributed by atoms with Crippen molar-refractivity contribution >= 4 is 17.4 Å². The van der Waals surface area contributed by atoms with Gasteiger partial charge in [-0.1, -0.05) is 41.9 Å². The van der Waals surface area contributed by atoms with Crippen LogP contribution in [-0.4, -0.2) is 12.0 Å². The molecule has 0 bridgehead atoms. The van der Waals surface area contributed by atoms with Gasteiger partial charge in [0.1, 0.15) is 5.82 Å². The summed E-state index contributed by atoms with van der Waals surface area (Å²) in [6.07, 6.45) is 3.37. The lowest BCUT2D eigenvalue weighted by molar-refractivity contribution is 0.549. The lowest BCUT2D eigenvalue weighted by Gasteiger charge is -2.17. The summed E-state index contributed by atoms with van der Waals surface area (Å²) in [7, 11) is 1.97. The van der Waals surface area contributed by atoms with E-state index in [9.17, 15) is 0 Å². The van der Waals surface area contributed by atoms with Crippen LogP contribution < -0.4 is 11.1 Å². The van der Waals surface area contributed by atoms with E-state index in [0.717, 1.165) is 18.4 Å². The summed E-state index contributed by atoms with van der Waals surface area (Å²) >= 11 is 5.95. The highest BCUT2D eigenvalue weighted by molar-refractivity contribution is 6.30. The number of pyridine rings is 1. The maximum Gasteiger partial charge on any atom is 0.126 e. The summed E-state index contributed by atoms with van der Waals surface area (Å²) in [4.78, 5) is 4.08. The zero-order valence-electron chi connectivity index (χ0n) is 10.9. The predicted molar refractivity (Wildman–Crippen MR) is 80.2 cm³/mol. The Morgan fingerprint density at radius 1 is 1.32 bits per heavy atom. The van der Waals surface area contributed by atoms with Crippen LogP contribution >= 0.6 is 11.6 Å². The van der Waals surface area contributed by atoms with Gasteiger partial charge in [0.05, 0.1) is 5.02 Å². The Morgan fingerprint density at radius 2 is 2.05 bits per heavy atom. The second-order valence-electron chi connectivity index (χ2n) is 4.49. The minimum Gasteiger partial charge on any atom is -0.383 e. The topological polar surface area (TPSA) is 50.9 Å². The number of anilines is 1. The molecule has 2 aromatic rings. The zero-order chi connectivity index (χ0) is 13.7. The smallest absolute Gasteiger partial charge is 0.126 e. The average molecular weight is 276 g/mol. The SMILES string of the molecule is CNC(CCc1cc(Cl)cnc1N)c1ccccc1. The van der Waals surface area contributed by atoms with Crippen molar-refractivity contribution in [1.82, 2.24) is 10.3 Å². The Kier molecular flexibility index (Phi) is 4.77. The van der Waals surface area contributed by atoms with Crippen LogP contribution in [0.15, 0.2) is 42.6 Å². The van der Waals surface area contributed by atoms with Crippen LogP contribution in [0.2, 0.25) is 5.02 Å². The van der Waals surface area contributed by atoms with Crippen LogP contribution in [0.25, 0.3) is 0 Å². The van der Waals surface area contributed by atoms with Gasteiger partial charge in [-0.05, 0) is 37.1 Å². The average Bonchev–Trinajstić information content (AvgIpc) is 2.44. The van der Waals surface area contributed by atoms with Crippen molar-refractivity contribution in [3.05, 3.63) is 58.7 Å². The number of halogens is 1. The number of nitrogens with two attached hydrogens (primary N) is 1. The van der Waals surface area contributed by atoms with Gasteiger partial charge in [-0.2, -0.15) is 0 Å². The van der Waals surface area contributed by atoms with Crippen LogP contribution in [0.3, 0.4) is 0 Å². The molecule has 1 atom stereocenters. The van der Waals surface area contributed by atoms with Gasteiger partial charge < -0.3 is 11.1 Å². The van der Waals surface area contributed by atoms with Gasteiger partial charge in [-0.15, -0.1) is 0 Å². The summed E-state index contributed by atoms with van der Waals surface area (Å²) in [6.45, 7) is 0. The molecule has 1 aromatic carbocycles. The molecular formula is C15H18ClN3. The molecule has 3 nitrogen and oxygen atoms in total. The van der Waals surface area contributed by atoms with Gasteiger partial charge in [-0.3, -0.25) is 0 Å². The second-order valence-corrected chi connectivity index (χ2v) is 4.92. The third-order valence-corrected chi connectivity index (χ3v) is 3.43. The van der Waals surface area contributed by atoms with Crippen molar-refractivity contribution in [2.45, 2.75) is 18.9 Å². The largest absolute Gasteiger partial charge is 0.383 e. The quantitative estimate of drug-likeness (QED) is 0.881. The predicted octanol–water partition coefficient (Wildman–Crippen LogP) is 3.21. The maximum atomic E-state index is 5.95. The molecule has 0 fully saturated rings. The van der Waals surface area contributed by atoms with Crippen LogP contribution in [0.1, 0.15) is 23.6 Å².